The van der Waals surface area contributed by atoms with Gasteiger partial charge in [-0.05, 0) is 99.2 Å². The summed E-state index contributed by atoms with van der Waals surface area (Å²) >= 11 is 0. The first-order valence-electron chi connectivity index (χ1n) is 9.67. The Hall–Kier alpha value is -0.300. The van der Waals surface area contributed by atoms with Crippen molar-refractivity contribution in [1.29, 1.82) is 0 Å². The molecule has 4 aliphatic carbocycles. The molecule has 7 atom stereocenters. The Kier molecular flexibility index (Phi) is 3.20. The number of hydrogen-bond donors (Lipinski definition) is 1. The van der Waals surface area contributed by atoms with Gasteiger partial charge in [0.25, 0.3) is 0 Å². The summed E-state index contributed by atoms with van der Waals surface area (Å²) in [7, 11) is 0. The van der Waals surface area contributed by atoms with Crippen molar-refractivity contribution in [3.63, 3.8) is 0 Å². The third-order valence-corrected chi connectivity index (χ3v) is 9.10. The molecule has 0 bridgehead atoms. The van der Waals surface area contributed by atoms with E-state index >= 15 is 0 Å². The molecule has 0 unspecified atom stereocenters. The van der Waals surface area contributed by atoms with Crippen molar-refractivity contribution in [2.45, 2.75) is 84.2 Å². The van der Waals surface area contributed by atoms with E-state index in [0.717, 1.165) is 30.1 Å². The largest absolute Gasteiger partial charge is 0.390 e. The number of rotatable bonds is 0. The predicted molar refractivity (Wildman–Crippen MR) is 91.5 cm³/mol. The maximum atomic E-state index is 11.0. The van der Waals surface area contributed by atoms with Crippen LogP contribution in [0.1, 0.15) is 78.6 Å². The first-order valence-corrected chi connectivity index (χ1v) is 9.67. The van der Waals surface area contributed by atoms with E-state index in [1.165, 1.54) is 56.9 Å². The van der Waals surface area contributed by atoms with Crippen LogP contribution in [-0.2, 0) is 0 Å². The molecule has 0 aromatic carbocycles. The zero-order valence-electron chi connectivity index (χ0n) is 14.8. The second kappa shape index (κ2) is 4.62. The van der Waals surface area contributed by atoms with Gasteiger partial charge in [-0.3, -0.25) is 0 Å². The van der Waals surface area contributed by atoms with E-state index in [2.05, 4.69) is 27.4 Å². The van der Waals surface area contributed by atoms with E-state index in [9.17, 15) is 5.11 Å². The molecule has 0 radical (unpaired) electrons. The Labute approximate surface area is 136 Å². The minimum atomic E-state index is -0.434. The molecule has 4 fully saturated rings. The number of allylic oxidation sites excluding steroid dienone is 1. The molecule has 124 valence electrons. The van der Waals surface area contributed by atoms with Crippen LogP contribution in [0.15, 0.2) is 12.2 Å². The Morgan fingerprint density at radius 2 is 1.68 bits per heavy atom. The smallest absolute Gasteiger partial charge is 0.0675 e. The Morgan fingerprint density at radius 3 is 2.45 bits per heavy atom. The minimum Gasteiger partial charge on any atom is -0.390 e. The van der Waals surface area contributed by atoms with Crippen LogP contribution in [0.5, 0.6) is 0 Å². The first kappa shape index (κ1) is 15.2. The van der Waals surface area contributed by atoms with Gasteiger partial charge in [0.05, 0.1) is 5.60 Å². The summed E-state index contributed by atoms with van der Waals surface area (Å²) in [6.45, 7) is 11.5. The summed E-state index contributed by atoms with van der Waals surface area (Å²) < 4.78 is 0. The summed E-state index contributed by atoms with van der Waals surface area (Å²) in [6.07, 6.45) is 11.6. The molecule has 0 spiro atoms. The van der Waals surface area contributed by atoms with E-state index in [4.69, 9.17) is 0 Å². The van der Waals surface area contributed by atoms with E-state index in [-0.39, 0.29) is 5.41 Å². The molecule has 1 N–H and O–H groups in total. The van der Waals surface area contributed by atoms with E-state index in [0.29, 0.717) is 5.41 Å². The number of fused-ring (bicyclic) bond motifs is 5. The fourth-order valence-electron chi connectivity index (χ4n) is 7.53. The maximum absolute atomic E-state index is 11.0. The van der Waals surface area contributed by atoms with Crippen molar-refractivity contribution in [1.82, 2.24) is 0 Å². The third-order valence-electron chi connectivity index (χ3n) is 9.10. The summed E-state index contributed by atoms with van der Waals surface area (Å²) in [6, 6.07) is 0. The lowest BCUT2D eigenvalue weighted by Gasteiger charge is -2.61. The van der Waals surface area contributed by atoms with Gasteiger partial charge in [0.2, 0.25) is 0 Å². The highest BCUT2D eigenvalue weighted by atomic mass is 16.3. The summed E-state index contributed by atoms with van der Waals surface area (Å²) in [5, 5.41) is 11.0. The van der Waals surface area contributed by atoms with Crippen molar-refractivity contribution in [3.05, 3.63) is 12.2 Å². The molecule has 0 aromatic rings. The highest BCUT2D eigenvalue weighted by Crippen LogP contribution is 2.68. The molecule has 0 heterocycles. The van der Waals surface area contributed by atoms with Crippen molar-refractivity contribution in [3.8, 4) is 0 Å². The molecule has 0 aliphatic heterocycles. The third kappa shape index (κ3) is 1.81. The standard InChI is InChI=1S/C21H34O/c1-14-5-6-15-7-8-16-17(19(15,2)13-14)9-11-20(3)18(16)10-12-21(20,4)22/h15-18,22H,1,5-13H2,2-4H3/t15-,16+,17-,18+,19+,20-,21+/m1/s1. The van der Waals surface area contributed by atoms with Crippen LogP contribution in [0.25, 0.3) is 0 Å². The number of hydrogen-bond acceptors (Lipinski definition) is 1. The van der Waals surface area contributed by atoms with Crippen LogP contribution >= 0.6 is 0 Å². The molecular formula is C21H34O. The van der Waals surface area contributed by atoms with Gasteiger partial charge in [-0.25, -0.2) is 0 Å². The normalized spacial score (nSPS) is 57.9. The summed E-state index contributed by atoms with van der Waals surface area (Å²) in [4.78, 5) is 0. The van der Waals surface area contributed by atoms with Crippen LogP contribution < -0.4 is 0 Å². The molecular weight excluding hydrogens is 268 g/mol. The minimum absolute atomic E-state index is 0.170. The summed E-state index contributed by atoms with van der Waals surface area (Å²) in [5.41, 5.74) is 1.75. The second-order valence-electron chi connectivity index (χ2n) is 9.89. The van der Waals surface area contributed by atoms with Gasteiger partial charge in [0.1, 0.15) is 0 Å². The summed E-state index contributed by atoms with van der Waals surface area (Å²) in [5.74, 6) is 3.44. The van der Waals surface area contributed by atoms with Crippen LogP contribution in [0.3, 0.4) is 0 Å². The zero-order chi connectivity index (χ0) is 15.8. The van der Waals surface area contributed by atoms with E-state index < -0.39 is 5.60 Å². The molecule has 1 heteroatoms. The molecule has 4 rings (SSSR count). The maximum Gasteiger partial charge on any atom is 0.0675 e. The Bertz CT molecular complexity index is 492. The van der Waals surface area contributed by atoms with Gasteiger partial charge < -0.3 is 5.11 Å². The highest BCUT2D eigenvalue weighted by Gasteiger charge is 2.62. The average molecular weight is 303 g/mol. The first-order chi connectivity index (χ1) is 10.3. The molecule has 0 saturated heterocycles. The molecule has 0 amide bonds. The molecule has 22 heavy (non-hydrogen) atoms. The zero-order valence-corrected chi connectivity index (χ0v) is 14.8. The average Bonchev–Trinajstić information content (AvgIpc) is 2.68. The van der Waals surface area contributed by atoms with Crippen molar-refractivity contribution >= 4 is 0 Å². The fourth-order valence-corrected chi connectivity index (χ4v) is 7.53. The second-order valence-corrected chi connectivity index (χ2v) is 9.89. The lowest BCUT2D eigenvalue weighted by Crippen LogP contribution is -2.55. The topological polar surface area (TPSA) is 20.2 Å². The van der Waals surface area contributed by atoms with Gasteiger partial charge in [-0.1, -0.05) is 26.0 Å². The van der Waals surface area contributed by atoms with Gasteiger partial charge >= 0.3 is 0 Å². The lowest BCUT2D eigenvalue weighted by molar-refractivity contribution is -0.141. The monoisotopic (exact) mass is 302 g/mol. The molecule has 4 saturated carbocycles. The highest BCUT2D eigenvalue weighted by molar-refractivity contribution is 5.16. The van der Waals surface area contributed by atoms with E-state index in [1.54, 1.807) is 0 Å². The van der Waals surface area contributed by atoms with Gasteiger partial charge in [-0.2, -0.15) is 0 Å². The molecule has 1 nitrogen and oxygen atoms in total. The van der Waals surface area contributed by atoms with E-state index in [1.807, 2.05) is 0 Å². The lowest BCUT2D eigenvalue weighted by atomic mass is 9.44. The SMILES string of the molecule is C=C1CC[C@@H]2CC[C@H]3[C@@H](CC[C@]4(C)[C@H]3CC[C@]4(C)O)[C@@]2(C)C1. The fraction of sp³-hybridized carbons (Fsp3) is 0.905. The van der Waals surface area contributed by atoms with Crippen molar-refractivity contribution in [2.75, 3.05) is 0 Å². The van der Waals surface area contributed by atoms with Crippen LogP contribution in [-0.4, -0.2) is 10.7 Å². The Balaban J connectivity index is 1.67. The van der Waals surface area contributed by atoms with Gasteiger partial charge in [0.15, 0.2) is 0 Å². The van der Waals surface area contributed by atoms with Gasteiger partial charge in [0, 0.05) is 0 Å². The van der Waals surface area contributed by atoms with Crippen molar-refractivity contribution < 1.29 is 5.11 Å². The van der Waals surface area contributed by atoms with Crippen LogP contribution in [0.4, 0.5) is 0 Å². The Morgan fingerprint density at radius 1 is 0.955 bits per heavy atom. The molecule has 0 aromatic heterocycles. The van der Waals surface area contributed by atoms with Crippen LogP contribution in [0, 0.1) is 34.5 Å². The predicted octanol–water partition coefficient (Wildman–Crippen LogP) is 5.34. The van der Waals surface area contributed by atoms with Gasteiger partial charge in [-0.15, -0.1) is 0 Å². The quantitative estimate of drug-likeness (QED) is 0.599. The van der Waals surface area contributed by atoms with Crippen molar-refractivity contribution in [2.24, 2.45) is 34.5 Å². The molecule has 4 aliphatic rings. The van der Waals surface area contributed by atoms with Crippen LogP contribution in [0.2, 0.25) is 0 Å². The number of aliphatic hydroxyl groups is 1.